The zero-order valence-corrected chi connectivity index (χ0v) is 38.7. The molecule has 3 aliphatic heterocycles. The van der Waals surface area contributed by atoms with Crippen molar-refractivity contribution in [1.82, 2.24) is 0 Å². The van der Waals surface area contributed by atoms with Crippen LogP contribution in [0.2, 0.25) is 0 Å². The van der Waals surface area contributed by atoms with E-state index >= 15 is 0 Å². The molecule has 2 nitrogen and oxygen atoms in total. The van der Waals surface area contributed by atoms with Crippen molar-refractivity contribution in [3.63, 3.8) is 0 Å². The van der Waals surface area contributed by atoms with Crippen LogP contribution in [0.1, 0.15) is 144 Å². The van der Waals surface area contributed by atoms with E-state index in [0.29, 0.717) is 11.2 Å². The van der Waals surface area contributed by atoms with E-state index in [-0.39, 0.29) is 45.9 Å². The average molecular weight is 787 g/mol. The molecule has 0 bridgehead atoms. The number of thioether (sulfide) groups is 1. The standard InChI is InChI=1S/C54H67BN2S/c1-32-26-44-48-45(27-32)57(42-21-18-34(28-33(42)2)50(3,4)5)49-47(36-16-14-15-17-46(36)58-49)55(48)41-30-39-40(54(12,13)25-24-53(39,10)11)31-43(41)56(44)35-19-20-37-38(29-35)52(8,9)23-22-51(37,6)7/h14-21,26,28,30-31,35-36,45-46H,22-25,27,29H2,1-13H3. The molecule has 4 heteroatoms. The van der Waals surface area contributed by atoms with Crippen molar-refractivity contribution in [2.45, 2.75) is 162 Å². The van der Waals surface area contributed by atoms with Crippen molar-refractivity contribution in [2.75, 3.05) is 9.80 Å². The lowest BCUT2D eigenvalue weighted by atomic mass is 9.29. The Bertz CT molecular complexity index is 2380. The Morgan fingerprint density at radius 1 is 0.707 bits per heavy atom. The zero-order chi connectivity index (χ0) is 41.1. The minimum absolute atomic E-state index is 0.104. The van der Waals surface area contributed by atoms with Gasteiger partial charge in [0.1, 0.15) is 0 Å². The number of hydrogen-bond donors (Lipinski definition) is 0. The first kappa shape index (κ1) is 38.8. The SMILES string of the molecule is CC1=CC2=C3B(C4=C(SC5C=CC=CC45)N(c4ccc(C(C)(C)C)cc4C)C3C1)c1cc3c(cc1N2C1C=CC2=C(C1)C(C)(C)CCC2(C)C)C(C)(C)CCC3(C)C. The number of benzene rings is 2. The molecule has 8 aliphatic rings. The third kappa shape index (κ3) is 5.65. The van der Waals surface area contributed by atoms with Gasteiger partial charge in [-0.2, -0.15) is 0 Å². The van der Waals surface area contributed by atoms with E-state index in [2.05, 4.69) is 184 Å². The lowest BCUT2D eigenvalue weighted by molar-refractivity contribution is 0.256. The van der Waals surface area contributed by atoms with Gasteiger partial charge in [-0.25, -0.2) is 0 Å². The molecule has 0 amide bonds. The monoisotopic (exact) mass is 787 g/mol. The summed E-state index contributed by atoms with van der Waals surface area (Å²) in [4.78, 5) is 5.74. The highest BCUT2D eigenvalue weighted by Gasteiger charge is 2.56. The fraction of sp³-hybridized carbons (Fsp3) is 0.519. The summed E-state index contributed by atoms with van der Waals surface area (Å²) in [5.41, 5.74) is 20.7. The highest BCUT2D eigenvalue weighted by molar-refractivity contribution is 8.04. The van der Waals surface area contributed by atoms with E-state index < -0.39 is 0 Å². The highest BCUT2D eigenvalue weighted by Crippen LogP contribution is 2.59. The molecule has 4 unspecified atom stereocenters. The molecule has 0 saturated carbocycles. The van der Waals surface area contributed by atoms with Gasteiger partial charge >= 0.3 is 0 Å². The average Bonchev–Trinajstić information content (AvgIpc) is 3.54. The first-order valence-electron chi connectivity index (χ1n) is 22.7. The van der Waals surface area contributed by atoms with Crippen LogP contribution in [-0.2, 0) is 16.2 Å². The largest absolute Gasteiger partial charge is 0.335 e. The maximum atomic E-state index is 2.89. The van der Waals surface area contributed by atoms with E-state index in [1.54, 1.807) is 38.7 Å². The van der Waals surface area contributed by atoms with E-state index in [0.717, 1.165) is 12.8 Å². The van der Waals surface area contributed by atoms with E-state index in [1.165, 1.54) is 64.5 Å². The van der Waals surface area contributed by atoms with Gasteiger partial charge in [-0.3, -0.25) is 0 Å². The maximum Gasteiger partial charge on any atom is 0.244 e. The molecule has 0 spiro atoms. The first-order valence-corrected chi connectivity index (χ1v) is 23.5. The number of fused-ring (bicyclic) bond motifs is 6. The molecule has 3 heterocycles. The number of allylic oxidation sites excluding steroid dienone is 7. The van der Waals surface area contributed by atoms with E-state index in [9.17, 15) is 0 Å². The summed E-state index contributed by atoms with van der Waals surface area (Å²) in [7, 11) is 0. The fourth-order valence-electron chi connectivity index (χ4n) is 12.5. The predicted molar refractivity (Wildman–Crippen MR) is 253 cm³/mol. The molecule has 4 atom stereocenters. The molecule has 2 aromatic rings. The van der Waals surface area contributed by atoms with Crippen LogP contribution in [0, 0.1) is 23.7 Å². The van der Waals surface area contributed by atoms with Gasteiger partial charge in [0.2, 0.25) is 6.71 Å². The number of nitrogens with zero attached hydrogens (tertiary/aromatic N) is 2. The summed E-state index contributed by atoms with van der Waals surface area (Å²) in [6.45, 7) is 32.2. The second-order valence-corrected chi connectivity index (χ2v) is 24.3. The molecule has 10 rings (SSSR count). The second-order valence-electron chi connectivity index (χ2n) is 23.1. The minimum atomic E-state index is 0.104. The molecule has 0 fully saturated rings. The molecule has 302 valence electrons. The van der Waals surface area contributed by atoms with Crippen molar-refractivity contribution < 1.29 is 0 Å². The van der Waals surface area contributed by atoms with Gasteiger partial charge < -0.3 is 9.80 Å². The van der Waals surface area contributed by atoms with Crippen LogP contribution in [0.25, 0.3) is 0 Å². The van der Waals surface area contributed by atoms with Gasteiger partial charge in [0, 0.05) is 28.2 Å². The smallest absolute Gasteiger partial charge is 0.244 e. The van der Waals surface area contributed by atoms with Crippen LogP contribution in [0.4, 0.5) is 11.4 Å². The third-order valence-corrected chi connectivity index (χ3v) is 17.7. The van der Waals surface area contributed by atoms with Gasteiger partial charge in [-0.15, -0.1) is 11.8 Å². The molecule has 5 aliphatic carbocycles. The van der Waals surface area contributed by atoms with Gasteiger partial charge in [0.05, 0.1) is 17.1 Å². The molecule has 0 saturated heterocycles. The third-order valence-electron chi connectivity index (χ3n) is 16.3. The second kappa shape index (κ2) is 12.6. The van der Waals surface area contributed by atoms with Gasteiger partial charge in [-0.1, -0.05) is 147 Å². The Kier molecular flexibility index (Phi) is 8.43. The Hall–Kier alpha value is -3.37. The molecule has 0 aromatic heterocycles. The summed E-state index contributed by atoms with van der Waals surface area (Å²) >= 11 is 2.14. The lowest BCUT2D eigenvalue weighted by Gasteiger charge is -2.54. The van der Waals surface area contributed by atoms with Gasteiger partial charge in [0.15, 0.2) is 0 Å². The molecular weight excluding hydrogens is 719 g/mol. The predicted octanol–water partition coefficient (Wildman–Crippen LogP) is 13.3. The van der Waals surface area contributed by atoms with Crippen molar-refractivity contribution in [3.05, 3.63) is 134 Å². The quantitative estimate of drug-likeness (QED) is 0.280. The van der Waals surface area contributed by atoms with Gasteiger partial charge in [-0.05, 0) is 136 Å². The normalized spacial score (nSPS) is 29.5. The van der Waals surface area contributed by atoms with E-state index in [1.807, 2.05) is 0 Å². The van der Waals surface area contributed by atoms with Crippen molar-refractivity contribution in [1.29, 1.82) is 0 Å². The van der Waals surface area contributed by atoms with Crippen LogP contribution in [0.3, 0.4) is 0 Å². The Labute approximate surface area is 355 Å². The number of hydrogen-bond acceptors (Lipinski definition) is 3. The maximum absolute atomic E-state index is 2.89. The summed E-state index contributed by atoms with van der Waals surface area (Å²) in [6, 6.07) is 13.4. The number of rotatable bonds is 2. The number of anilines is 2. The summed E-state index contributed by atoms with van der Waals surface area (Å²) in [5.74, 6) is 0.376. The van der Waals surface area contributed by atoms with E-state index in [4.69, 9.17) is 0 Å². The van der Waals surface area contributed by atoms with Crippen molar-refractivity contribution in [2.24, 2.45) is 16.7 Å². The van der Waals surface area contributed by atoms with Crippen LogP contribution in [0.15, 0.2) is 111 Å². The summed E-state index contributed by atoms with van der Waals surface area (Å²) in [6.07, 6.45) is 24.6. The Morgan fingerprint density at radius 3 is 2.09 bits per heavy atom. The van der Waals surface area contributed by atoms with Crippen LogP contribution >= 0.6 is 11.8 Å². The van der Waals surface area contributed by atoms with Crippen molar-refractivity contribution >= 4 is 35.3 Å². The molecular formula is C54H67BN2S. The van der Waals surface area contributed by atoms with Crippen molar-refractivity contribution in [3.8, 4) is 0 Å². The first-order chi connectivity index (χ1) is 27.2. The Morgan fingerprint density at radius 2 is 1.38 bits per heavy atom. The topological polar surface area (TPSA) is 6.48 Å². The molecule has 0 N–H and O–H groups in total. The highest BCUT2D eigenvalue weighted by atomic mass is 32.2. The summed E-state index contributed by atoms with van der Waals surface area (Å²) < 4.78 is 0. The fourth-order valence-corrected chi connectivity index (χ4v) is 14.0. The lowest BCUT2D eigenvalue weighted by Crippen LogP contribution is -2.59. The van der Waals surface area contributed by atoms with Crippen LogP contribution in [-0.4, -0.2) is 24.0 Å². The van der Waals surface area contributed by atoms with Crippen LogP contribution in [0.5, 0.6) is 0 Å². The summed E-state index contributed by atoms with van der Waals surface area (Å²) in [5, 5.41) is 1.93. The minimum Gasteiger partial charge on any atom is -0.335 e. The molecule has 0 radical (unpaired) electrons. The number of aryl methyl sites for hydroxylation is 1. The zero-order valence-electron chi connectivity index (χ0n) is 37.9. The molecule has 2 aromatic carbocycles. The molecule has 58 heavy (non-hydrogen) atoms. The Balaban J connectivity index is 1.26. The van der Waals surface area contributed by atoms with Crippen LogP contribution < -0.4 is 15.3 Å². The van der Waals surface area contributed by atoms with Gasteiger partial charge in [0.25, 0.3) is 0 Å².